The largest absolute Gasteiger partial charge is 0.377 e. The Bertz CT molecular complexity index is 784. The fourth-order valence-corrected chi connectivity index (χ4v) is 3.75. The number of fused-ring (bicyclic) bond motifs is 1. The van der Waals surface area contributed by atoms with Gasteiger partial charge in [0.05, 0.1) is 11.4 Å². The molecule has 0 spiro atoms. The van der Waals surface area contributed by atoms with Gasteiger partial charge in [-0.1, -0.05) is 12.1 Å². The summed E-state index contributed by atoms with van der Waals surface area (Å²) < 4.78 is 0. The van der Waals surface area contributed by atoms with E-state index in [0.29, 0.717) is 12.6 Å². The maximum Gasteiger partial charge on any atom is 0.258 e. The minimum atomic E-state index is 0.0726. The molecule has 0 fully saturated rings. The van der Waals surface area contributed by atoms with E-state index in [2.05, 4.69) is 36.6 Å². The van der Waals surface area contributed by atoms with Crippen LogP contribution in [0.25, 0.3) is 0 Å². The molecule has 0 bridgehead atoms. The summed E-state index contributed by atoms with van der Waals surface area (Å²) in [6.45, 7) is 8.04. The van der Waals surface area contributed by atoms with Crippen LogP contribution in [0.15, 0.2) is 42.5 Å². The van der Waals surface area contributed by atoms with Crippen molar-refractivity contribution in [3.05, 3.63) is 53.6 Å². The highest BCUT2D eigenvalue weighted by Crippen LogP contribution is 2.36. The lowest BCUT2D eigenvalue weighted by atomic mass is 10.0. The molecule has 0 saturated heterocycles. The molecule has 1 heterocycles. The highest BCUT2D eigenvalue weighted by atomic mass is 16.2. The fraction of sp³-hybridized carbons (Fsp3) is 0.381. The van der Waals surface area contributed by atoms with Crippen LogP contribution in [0.1, 0.15) is 29.8 Å². The van der Waals surface area contributed by atoms with Gasteiger partial charge < -0.3 is 14.7 Å². The zero-order valence-electron chi connectivity index (χ0n) is 15.8. The summed E-state index contributed by atoms with van der Waals surface area (Å²) in [5.41, 5.74) is 5.14. The molecule has 2 aromatic carbocycles. The maximum absolute atomic E-state index is 13.2. The summed E-state index contributed by atoms with van der Waals surface area (Å²) in [4.78, 5) is 19.6. The second-order valence-electron chi connectivity index (χ2n) is 6.94. The molecule has 1 unspecified atom stereocenters. The summed E-state index contributed by atoms with van der Waals surface area (Å²) >= 11 is 0. The molecule has 3 rings (SSSR count). The molecule has 132 valence electrons. The van der Waals surface area contributed by atoms with Crippen LogP contribution in [0.3, 0.4) is 0 Å². The molecule has 1 atom stereocenters. The van der Waals surface area contributed by atoms with E-state index in [-0.39, 0.29) is 5.91 Å². The zero-order valence-corrected chi connectivity index (χ0v) is 15.8. The smallest absolute Gasteiger partial charge is 0.258 e. The van der Waals surface area contributed by atoms with Crippen molar-refractivity contribution in [3.8, 4) is 0 Å². The second kappa shape index (κ2) is 6.79. The molecule has 25 heavy (non-hydrogen) atoms. The lowest BCUT2D eigenvalue weighted by Gasteiger charge is -2.42. The van der Waals surface area contributed by atoms with Crippen LogP contribution in [0.4, 0.5) is 17.1 Å². The van der Waals surface area contributed by atoms with E-state index < -0.39 is 0 Å². The molecular weight excluding hydrogens is 310 g/mol. The van der Waals surface area contributed by atoms with Gasteiger partial charge in [0.15, 0.2) is 0 Å². The topological polar surface area (TPSA) is 26.8 Å². The predicted molar refractivity (Wildman–Crippen MR) is 106 cm³/mol. The third kappa shape index (κ3) is 3.09. The number of aryl methyl sites for hydroxylation is 1. The zero-order chi connectivity index (χ0) is 18.1. The molecule has 0 radical (unpaired) electrons. The van der Waals surface area contributed by atoms with Gasteiger partial charge in [0.2, 0.25) is 0 Å². The second-order valence-corrected chi connectivity index (χ2v) is 6.94. The SMILES string of the molecule is CCN1c2ccccc2N(C(=O)c2ccc(N(C)C)c(C)c2)CC1C. The average Bonchev–Trinajstić information content (AvgIpc) is 2.60. The predicted octanol–water partition coefficient (Wildman–Crippen LogP) is 3.94. The van der Waals surface area contributed by atoms with Crippen LogP contribution in [0, 0.1) is 6.92 Å². The number of hydrogen-bond acceptors (Lipinski definition) is 3. The van der Waals surface area contributed by atoms with Crippen molar-refractivity contribution >= 4 is 23.0 Å². The van der Waals surface area contributed by atoms with Gasteiger partial charge in [-0.15, -0.1) is 0 Å². The lowest BCUT2D eigenvalue weighted by Crippen LogP contribution is -2.49. The van der Waals surface area contributed by atoms with Crippen LogP contribution >= 0.6 is 0 Å². The molecule has 0 N–H and O–H groups in total. The minimum absolute atomic E-state index is 0.0726. The first kappa shape index (κ1) is 17.3. The van der Waals surface area contributed by atoms with Gasteiger partial charge in [-0.25, -0.2) is 0 Å². The van der Waals surface area contributed by atoms with Crippen molar-refractivity contribution in [2.45, 2.75) is 26.8 Å². The van der Waals surface area contributed by atoms with E-state index in [9.17, 15) is 4.79 Å². The normalized spacial score (nSPS) is 16.6. The Morgan fingerprint density at radius 3 is 2.44 bits per heavy atom. The van der Waals surface area contributed by atoms with Gasteiger partial charge in [-0.2, -0.15) is 0 Å². The summed E-state index contributed by atoms with van der Waals surface area (Å²) in [6, 6.07) is 14.5. The molecule has 0 aliphatic carbocycles. The van der Waals surface area contributed by atoms with E-state index in [1.165, 1.54) is 0 Å². The number of benzene rings is 2. The summed E-state index contributed by atoms with van der Waals surface area (Å²) in [5, 5.41) is 0. The van der Waals surface area contributed by atoms with Crippen molar-refractivity contribution in [2.24, 2.45) is 0 Å². The van der Waals surface area contributed by atoms with Crippen molar-refractivity contribution in [1.29, 1.82) is 0 Å². The molecule has 1 aliphatic rings. The third-order valence-corrected chi connectivity index (χ3v) is 4.97. The quantitative estimate of drug-likeness (QED) is 0.849. The molecule has 1 amide bonds. The summed E-state index contributed by atoms with van der Waals surface area (Å²) in [6.07, 6.45) is 0. The van der Waals surface area contributed by atoms with Crippen LogP contribution < -0.4 is 14.7 Å². The molecule has 4 nitrogen and oxygen atoms in total. The number of amides is 1. The van der Waals surface area contributed by atoms with Crippen molar-refractivity contribution in [3.63, 3.8) is 0 Å². The number of para-hydroxylation sites is 2. The highest BCUT2D eigenvalue weighted by Gasteiger charge is 2.31. The van der Waals surface area contributed by atoms with Gasteiger partial charge in [-0.3, -0.25) is 4.79 Å². The monoisotopic (exact) mass is 337 g/mol. The molecule has 4 heteroatoms. The van der Waals surface area contributed by atoms with Gasteiger partial charge in [-0.05, 0) is 56.7 Å². The number of carbonyl (C=O) groups is 1. The molecule has 0 aromatic heterocycles. The Morgan fingerprint density at radius 2 is 1.84 bits per heavy atom. The van der Waals surface area contributed by atoms with Crippen LogP contribution in [0.2, 0.25) is 0 Å². The van der Waals surface area contributed by atoms with E-state index >= 15 is 0 Å². The molecule has 0 saturated carbocycles. The standard InChI is InChI=1S/C21H27N3O/c1-6-23-16(3)14-24(20-10-8-7-9-19(20)23)21(25)17-11-12-18(22(4)5)15(2)13-17/h7-13,16H,6,14H2,1-5H3. The Hall–Kier alpha value is -2.49. The number of likely N-dealkylation sites (N-methyl/N-ethyl adjacent to an activating group) is 1. The third-order valence-electron chi connectivity index (χ3n) is 4.97. The van der Waals surface area contributed by atoms with Gasteiger partial charge in [0, 0.05) is 44.5 Å². The number of anilines is 3. The minimum Gasteiger partial charge on any atom is -0.377 e. The van der Waals surface area contributed by atoms with Crippen molar-refractivity contribution in [2.75, 3.05) is 41.9 Å². The number of rotatable bonds is 3. The highest BCUT2D eigenvalue weighted by molar-refractivity contribution is 6.08. The van der Waals surface area contributed by atoms with Gasteiger partial charge in [0.25, 0.3) is 5.91 Å². The molecule has 1 aliphatic heterocycles. The Balaban J connectivity index is 1.99. The first-order valence-electron chi connectivity index (χ1n) is 8.89. The van der Waals surface area contributed by atoms with Crippen LogP contribution in [-0.4, -0.2) is 39.1 Å². The first-order valence-corrected chi connectivity index (χ1v) is 8.89. The average molecular weight is 337 g/mol. The number of hydrogen-bond donors (Lipinski definition) is 0. The van der Waals surface area contributed by atoms with E-state index in [4.69, 9.17) is 0 Å². The molecular formula is C21H27N3O. The number of carbonyl (C=O) groups excluding carboxylic acids is 1. The summed E-state index contributed by atoms with van der Waals surface area (Å²) in [7, 11) is 4.04. The van der Waals surface area contributed by atoms with E-state index in [1.807, 2.05) is 55.4 Å². The maximum atomic E-state index is 13.2. The lowest BCUT2D eigenvalue weighted by molar-refractivity contribution is 0.0984. The van der Waals surface area contributed by atoms with Gasteiger partial charge >= 0.3 is 0 Å². The van der Waals surface area contributed by atoms with E-state index in [0.717, 1.165) is 34.7 Å². The van der Waals surface area contributed by atoms with Crippen molar-refractivity contribution < 1.29 is 4.79 Å². The van der Waals surface area contributed by atoms with E-state index in [1.54, 1.807) is 0 Å². The van der Waals surface area contributed by atoms with Crippen LogP contribution in [0.5, 0.6) is 0 Å². The Morgan fingerprint density at radius 1 is 1.16 bits per heavy atom. The Labute approximate surface area is 150 Å². The first-order chi connectivity index (χ1) is 11.9. The number of nitrogens with zero attached hydrogens (tertiary/aromatic N) is 3. The fourth-order valence-electron chi connectivity index (χ4n) is 3.75. The van der Waals surface area contributed by atoms with Crippen molar-refractivity contribution in [1.82, 2.24) is 0 Å². The van der Waals surface area contributed by atoms with Crippen LogP contribution in [-0.2, 0) is 0 Å². The van der Waals surface area contributed by atoms with Gasteiger partial charge in [0.1, 0.15) is 0 Å². The summed E-state index contributed by atoms with van der Waals surface area (Å²) in [5.74, 6) is 0.0726. The Kier molecular flexibility index (Phi) is 4.71. The molecule has 2 aromatic rings.